The Morgan fingerprint density at radius 2 is 2.27 bits per heavy atom. The van der Waals surface area contributed by atoms with Crippen molar-refractivity contribution in [2.24, 2.45) is 0 Å². The SMILES string of the molecule is N#CCCCOc1c(N)cc(Cl)cc1Br. The highest BCUT2D eigenvalue weighted by atomic mass is 79.9. The molecule has 15 heavy (non-hydrogen) atoms. The molecule has 3 nitrogen and oxygen atoms in total. The molecule has 1 rings (SSSR count). The Morgan fingerprint density at radius 3 is 2.87 bits per heavy atom. The summed E-state index contributed by atoms with van der Waals surface area (Å²) in [5, 5.41) is 8.91. The third-order valence-corrected chi connectivity index (χ3v) is 2.52. The maximum absolute atomic E-state index is 8.35. The van der Waals surface area contributed by atoms with Crippen molar-refractivity contribution in [1.82, 2.24) is 0 Å². The molecule has 0 aliphatic carbocycles. The highest BCUT2D eigenvalue weighted by Gasteiger charge is 2.07. The Kier molecular flexibility index (Phi) is 4.73. The van der Waals surface area contributed by atoms with Gasteiger partial charge in [0.2, 0.25) is 0 Å². The van der Waals surface area contributed by atoms with Crippen molar-refractivity contribution in [2.45, 2.75) is 12.8 Å². The van der Waals surface area contributed by atoms with E-state index in [1.54, 1.807) is 12.1 Å². The molecule has 0 bridgehead atoms. The summed E-state index contributed by atoms with van der Waals surface area (Å²) in [4.78, 5) is 0. The van der Waals surface area contributed by atoms with E-state index in [0.29, 0.717) is 35.9 Å². The molecular formula is C10H10BrClN2O. The molecule has 0 aliphatic heterocycles. The maximum atomic E-state index is 8.35. The van der Waals surface area contributed by atoms with Gasteiger partial charge in [0, 0.05) is 11.4 Å². The van der Waals surface area contributed by atoms with E-state index in [0.717, 1.165) is 4.47 Å². The van der Waals surface area contributed by atoms with Crippen LogP contribution in [0.15, 0.2) is 16.6 Å². The Bertz CT molecular complexity index is 366. The number of nitrogens with two attached hydrogens (primary N) is 1. The van der Waals surface area contributed by atoms with Crippen LogP contribution in [-0.2, 0) is 0 Å². The lowest BCUT2D eigenvalue weighted by atomic mass is 10.3. The molecular weight excluding hydrogens is 279 g/mol. The molecule has 0 spiro atoms. The number of halogens is 2. The Balaban J connectivity index is 2.65. The molecule has 0 saturated carbocycles. The standard InChI is InChI=1S/C10H10BrClN2O/c11-8-5-7(12)6-9(14)10(8)15-4-2-1-3-13/h5-6H,1-2,4,14H2. The number of nitrogens with zero attached hydrogens (tertiary/aromatic N) is 1. The van der Waals surface area contributed by atoms with Gasteiger partial charge in [-0.1, -0.05) is 11.6 Å². The van der Waals surface area contributed by atoms with Crippen LogP contribution in [0.25, 0.3) is 0 Å². The number of benzene rings is 1. The van der Waals surface area contributed by atoms with E-state index in [-0.39, 0.29) is 0 Å². The first-order valence-electron chi connectivity index (χ1n) is 4.39. The minimum absolute atomic E-state index is 0.470. The summed E-state index contributed by atoms with van der Waals surface area (Å²) in [6.45, 7) is 0.470. The highest BCUT2D eigenvalue weighted by molar-refractivity contribution is 9.10. The van der Waals surface area contributed by atoms with Crippen molar-refractivity contribution in [3.8, 4) is 11.8 Å². The predicted octanol–water partition coefficient (Wildman–Crippen LogP) is 3.37. The minimum atomic E-state index is 0.470. The van der Waals surface area contributed by atoms with Gasteiger partial charge < -0.3 is 10.5 Å². The van der Waals surface area contributed by atoms with Crippen LogP contribution >= 0.6 is 27.5 Å². The van der Waals surface area contributed by atoms with E-state index in [2.05, 4.69) is 15.9 Å². The lowest BCUT2D eigenvalue weighted by Gasteiger charge is -2.10. The number of hydrogen-bond acceptors (Lipinski definition) is 3. The van der Waals surface area contributed by atoms with Gasteiger partial charge in [-0.05, 0) is 34.5 Å². The largest absolute Gasteiger partial charge is 0.490 e. The van der Waals surface area contributed by atoms with Crippen LogP contribution in [0.4, 0.5) is 5.69 Å². The van der Waals surface area contributed by atoms with Crippen molar-refractivity contribution in [3.63, 3.8) is 0 Å². The molecule has 0 radical (unpaired) electrons. The van der Waals surface area contributed by atoms with Crippen LogP contribution in [0.1, 0.15) is 12.8 Å². The fourth-order valence-corrected chi connectivity index (χ4v) is 2.01. The van der Waals surface area contributed by atoms with Crippen molar-refractivity contribution >= 4 is 33.2 Å². The van der Waals surface area contributed by atoms with Gasteiger partial charge in [-0.3, -0.25) is 0 Å². The smallest absolute Gasteiger partial charge is 0.156 e. The third kappa shape index (κ3) is 3.61. The number of hydrogen-bond donors (Lipinski definition) is 1. The number of rotatable bonds is 4. The quantitative estimate of drug-likeness (QED) is 0.683. The summed E-state index contributed by atoms with van der Waals surface area (Å²) < 4.78 is 6.17. The van der Waals surface area contributed by atoms with E-state index in [9.17, 15) is 0 Å². The number of nitrogen functional groups attached to an aromatic ring is 1. The van der Waals surface area contributed by atoms with Crippen LogP contribution < -0.4 is 10.5 Å². The average Bonchev–Trinajstić information content (AvgIpc) is 2.15. The zero-order valence-corrected chi connectivity index (χ0v) is 10.3. The lowest BCUT2D eigenvalue weighted by Crippen LogP contribution is -2.00. The van der Waals surface area contributed by atoms with Crippen molar-refractivity contribution in [2.75, 3.05) is 12.3 Å². The first-order valence-corrected chi connectivity index (χ1v) is 5.56. The molecule has 5 heteroatoms. The van der Waals surface area contributed by atoms with Crippen LogP contribution in [0, 0.1) is 11.3 Å². The third-order valence-electron chi connectivity index (χ3n) is 1.72. The van der Waals surface area contributed by atoms with Gasteiger partial charge in [-0.15, -0.1) is 0 Å². The molecule has 0 aromatic heterocycles. The van der Waals surface area contributed by atoms with E-state index >= 15 is 0 Å². The van der Waals surface area contributed by atoms with Crippen LogP contribution in [0.5, 0.6) is 5.75 Å². The zero-order chi connectivity index (χ0) is 11.3. The highest BCUT2D eigenvalue weighted by Crippen LogP contribution is 2.34. The second-order valence-electron chi connectivity index (χ2n) is 2.92. The van der Waals surface area contributed by atoms with Crippen molar-refractivity contribution in [1.29, 1.82) is 5.26 Å². The number of unbranched alkanes of at least 4 members (excludes halogenated alkanes) is 1. The first-order chi connectivity index (χ1) is 7.15. The normalized spacial score (nSPS) is 9.67. The number of anilines is 1. The Hall–Kier alpha value is -0.920. The molecule has 0 unspecified atom stereocenters. The summed E-state index contributed by atoms with van der Waals surface area (Å²) in [6, 6.07) is 5.40. The molecule has 0 saturated heterocycles. The second kappa shape index (κ2) is 5.84. The summed E-state index contributed by atoms with van der Waals surface area (Å²) >= 11 is 9.11. The molecule has 0 amide bonds. The van der Waals surface area contributed by atoms with E-state index in [4.69, 9.17) is 27.3 Å². The first kappa shape index (κ1) is 12.2. The van der Waals surface area contributed by atoms with E-state index in [1.807, 2.05) is 6.07 Å². The van der Waals surface area contributed by atoms with Gasteiger partial charge in [-0.2, -0.15) is 5.26 Å². The zero-order valence-electron chi connectivity index (χ0n) is 7.96. The van der Waals surface area contributed by atoms with Crippen LogP contribution in [-0.4, -0.2) is 6.61 Å². The van der Waals surface area contributed by atoms with E-state index in [1.165, 1.54) is 0 Å². The Morgan fingerprint density at radius 1 is 1.53 bits per heavy atom. The molecule has 0 heterocycles. The molecule has 80 valence electrons. The molecule has 1 aromatic carbocycles. The van der Waals surface area contributed by atoms with Gasteiger partial charge in [-0.25, -0.2) is 0 Å². The minimum Gasteiger partial charge on any atom is -0.490 e. The Labute approximate surface area is 102 Å². The van der Waals surface area contributed by atoms with Crippen LogP contribution in [0.2, 0.25) is 5.02 Å². The van der Waals surface area contributed by atoms with Gasteiger partial charge in [0.05, 0.1) is 22.8 Å². The van der Waals surface area contributed by atoms with Crippen molar-refractivity contribution < 1.29 is 4.74 Å². The topological polar surface area (TPSA) is 59.0 Å². The number of nitriles is 1. The fourth-order valence-electron chi connectivity index (χ4n) is 1.06. The number of ether oxygens (including phenoxy) is 1. The van der Waals surface area contributed by atoms with Gasteiger partial charge >= 0.3 is 0 Å². The second-order valence-corrected chi connectivity index (χ2v) is 4.21. The predicted molar refractivity (Wildman–Crippen MR) is 63.9 cm³/mol. The van der Waals surface area contributed by atoms with Crippen molar-refractivity contribution in [3.05, 3.63) is 21.6 Å². The fraction of sp³-hybridized carbons (Fsp3) is 0.300. The molecule has 0 fully saturated rings. The van der Waals surface area contributed by atoms with Gasteiger partial charge in [0.1, 0.15) is 0 Å². The molecule has 0 aliphatic rings. The average molecular weight is 290 g/mol. The monoisotopic (exact) mass is 288 g/mol. The maximum Gasteiger partial charge on any atom is 0.156 e. The van der Waals surface area contributed by atoms with Crippen LogP contribution in [0.3, 0.4) is 0 Å². The molecule has 0 atom stereocenters. The van der Waals surface area contributed by atoms with Gasteiger partial charge in [0.25, 0.3) is 0 Å². The summed E-state index contributed by atoms with van der Waals surface area (Å²) in [5.41, 5.74) is 6.22. The molecule has 2 N–H and O–H groups in total. The molecule has 1 aromatic rings. The summed E-state index contributed by atoms with van der Waals surface area (Å²) in [5.74, 6) is 0.581. The summed E-state index contributed by atoms with van der Waals surface area (Å²) in [6.07, 6.45) is 1.16. The lowest BCUT2D eigenvalue weighted by molar-refractivity contribution is 0.312. The van der Waals surface area contributed by atoms with E-state index < -0.39 is 0 Å². The van der Waals surface area contributed by atoms with Gasteiger partial charge in [0.15, 0.2) is 5.75 Å². The summed E-state index contributed by atoms with van der Waals surface area (Å²) in [7, 11) is 0.